The van der Waals surface area contributed by atoms with Crippen LogP contribution in [0.3, 0.4) is 0 Å². The number of pyridine rings is 1. The first-order valence-corrected chi connectivity index (χ1v) is 6.12. The van der Waals surface area contributed by atoms with Crippen LogP contribution in [-0.2, 0) is 10.1 Å². The van der Waals surface area contributed by atoms with Gasteiger partial charge in [0, 0.05) is 22.7 Å². The van der Waals surface area contributed by atoms with Crippen molar-refractivity contribution in [1.82, 2.24) is 4.98 Å². The van der Waals surface area contributed by atoms with E-state index in [-0.39, 0.29) is 28.8 Å². The van der Waals surface area contributed by atoms with Crippen LogP contribution in [0.2, 0.25) is 0 Å². The molecule has 0 aromatic carbocycles. The van der Waals surface area contributed by atoms with Gasteiger partial charge in [0.05, 0.1) is 12.2 Å². The average Bonchev–Trinajstić information content (AvgIpc) is 2.36. The van der Waals surface area contributed by atoms with Gasteiger partial charge in [-0.3, -0.25) is 0 Å². The second-order valence-corrected chi connectivity index (χ2v) is 3.74. The molecule has 0 fully saturated rings. The van der Waals surface area contributed by atoms with Crippen molar-refractivity contribution in [2.45, 2.75) is 18.7 Å². The molecule has 0 saturated heterocycles. The maximum Gasteiger partial charge on any atom is 0.357 e. The fourth-order valence-corrected chi connectivity index (χ4v) is 1.98. The zero-order valence-corrected chi connectivity index (χ0v) is 11.0. The number of alkyl halides is 3. The molecule has 4 nitrogen and oxygen atoms in total. The Kier molecular flexibility index (Phi) is 5.16. The normalized spacial score (nSPS) is 10.2. The number of carbonyl (C=O) groups excluding carboxylic acids is 1. The number of aromatic nitrogens is 1. The van der Waals surface area contributed by atoms with Gasteiger partial charge in [-0.25, -0.2) is 18.6 Å². The Labute approximate surface area is 111 Å². The van der Waals surface area contributed by atoms with E-state index in [0.717, 1.165) is 6.20 Å². The van der Waals surface area contributed by atoms with Crippen molar-refractivity contribution in [2.75, 3.05) is 6.61 Å². The predicted octanol–water partition coefficient (Wildman–Crippen LogP) is 2.96. The van der Waals surface area contributed by atoms with Crippen molar-refractivity contribution >= 4 is 21.9 Å². The van der Waals surface area contributed by atoms with Crippen molar-refractivity contribution in [2.24, 2.45) is 0 Å². The minimum absolute atomic E-state index is 0.0106. The summed E-state index contributed by atoms with van der Waals surface area (Å²) < 4.78 is 30.6. The molecule has 0 aliphatic carbocycles. The summed E-state index contributed by atoms with van der Waals surface area (Å²) in [4.78, 5) is 15.3. The van der Waals surface area contributed by atoms with Crippen LogP contribution in [0.5, 0.6) is 0 Å². The topological polar surface area (TPSA) is 63.0 Å². The molecule has 0 atom stereocenters. The zero-order chi connectivity index (χ0) is 13.7. The number of rotatable bonds is 4. The van der Waals surface area contributed by atoms with Gasteiger partial charge in [0.25, 0.3) is 6.43 Å². The van der Waals surface area contributed by atoms with Gasteiger partial charge in [0.1, 0.15) is 6.07 Å². The van der Waals surface area contributed by atoms with E-state index in [1.165, 1.54) is 0 Å². The van der Waals surface area contributed by atoms with Crippen LogP contribution in [-0.4, -0.2) is 17.6 Å². The van der Waals surface area contributed by atoms with E-state index in [2.05, 4.69) is 20.9 Å². The number of esters is 1. The molecule has 1 aromatic heterocycles. The van der Waals surface area contributed by atoms with Crippen LogP contribution in [0.25, 0.3) is 0 Å². The van der Waals surface area contributed by atoms with Crippen LogP contribution >= 0.6 is 15.9 Å². The van der Waals surface area contributed by atoms with Crippen LogP contribution in [0.4, 0.5) is 8.78 Å². The molecular weight excluding hydrogens is 310 g/mol. The number of ether oxygens (including phenoxy) is 1. The van der Waals surface area contributed by atoms with Gasteiger partial charge in [0.15, 0.2) is 5.69 Å². The standard InChI is InChI=1S/C11H9BrF2N2O2/c1-2-18-11(17)9-7(3-12)8(10(13)14)6(4-15)5-16-9/h5,10H,2-3H2,1H3. The fraction of sp³-hybridized carbons (Fsp3) is 0.364. The van der Waals surface area contributed by atoms with Crippen LogP contribution in [0, 0.1) is 11.3 Å². The second kappa shape index (κ2) is 6.40. The molecule has 7 heteroatoms. The lowest BCUT2D eigenvalue weighted by molar-refractivity contribution is 0.0517. The van der Waals surface area contributed by atoms with Crippen molar-refractivity contribution in [3.63, 3.8) is 0 Å². The largest absolute Gasteiger partial charge is 0.461 e. The third kappa shape index (κ3) is 2.82. The molecule has 0 aliphatic rings. The van der Waals surface area contributed by atoms with Crippen molar-refractivity contribution < 1.29 is 18.3 Å². The maximum absolute atomic E-state index is 12.9. The highest BCUT2D eigenvalue weighted by atomic mass is 79.9. The van der Waals surface area contributed by atoms with E-state index in [1.54, 1.807) is 13.0 Å². The van der Waals surface area contributed by atoms with E-state index in [4.69, 9.17) is 10.00 Å². The van der Waals surface area contributed by atoms with Crippen molar-refractivity contribution in [1.29, 1.82) is 5.26 Å². The predicted molar refractivity (Wildman–Crippen MR) is 62.5 cm³/mol. The summed E-state index contributed by atoms with van der Waals surface area (Å²) in [6, 6.07) is 1.63. The van der Waals surface area contributed by atoms with E-state index < -0.39 is 18.0 Å². The SMILES string of the molecule is CCOC(=O)c1ncc(C#N)c(C(F)F)c1CBr. The maximum atomic E-state index is 12.9. The molecule has 0 N–H and O–H groups in total. The lowest BCUT2D eigenvalue weighted by atomic mass is 10.0. The fourth-order valence-electron chi connectivity index (χ4n) is 1.42. The highest BCUT2D eigenvalue weighted by molar-refractivity contribution is 9.08. The van der Waals surface area contributed by atoms with E-state index in [1.807, 2.05) is 0 Å². The smallest absolute Gasteiger partial charge is 0.357 e. The molecule has 0 bridgehead atoms. The molecule has 0 spiro atoms. The lowest BCUT2D eigenvalue weighted by Gasteiger charge is -2.12. The van der Waals surface area contributed by atoms with E-state index >= 15 is 0 Å². The number of hydrogen-bond donors (Lipinski definition) is 0. The van der Waals surface area contributed by atoms with Crippen LogP contribution in [0.15, 0.2) is 6.20 Å². The number of carbonyl (C=O) groups is 1. The molecule has 0 amide bonds. The average molecular weight is 319 g/mol. The lowest BCUT2D eigenvalue weighted by Crippen LogP contribution is -2.13. The first-order chi connectivity index (χ1) is 8.56. The van der Waals surface area contributed by atoms with Gasteiger partial charge >= 0.3 is 5.97 Å². The van der Waals surface area contributed by atoms with Gasteiger partial charge < -0.3 is 4.74 Å². The van der Waals surface area contributed by atoms with Gasteiger partial charge in [-0.15, -0.1) is 0 Å². The molecule has 0 aliphatic heterocycles. The molecule has 0 radical (unpaired) electrons. The third-order valence-corrected chi connectivity index (χ3v) is 2.73. The molecule has 1 heterocycles. The molecular formula is C11H9BrF2N2O2. The van der Waals surface area contributed by atoms with Crippen LogP contribution < -0.4 is 0 Å². The minimum Gasteiger partial charge on any atom is -0.461 e. The summed E-state index contributed by atoms with van der Waals surface area (Å²) >= 11 is 3.02. The first kappa shape index (κ1) is 14.5. The molecule has 1 aromatic rings. The van der Waals surface area contributed by atoms with Crippen LogP contribution in [0.1, 0.15) is 40.5 Å². The summed E-state index contributed by atoms with van der Waals surface area (Å²) in [5.41, 5.74) is -0.926. The van der Waals surface area contributed by atoms with Gasteiger partial charge in [-0.05, 0) is 6.92 Å². The Morgan fingerprint density at radius 2 is 2.33 bits per heavy atom. The Morgan fingerprint density at radius 3 is 2.78 bits per heavy atom. The molecule has 0 saturated carbocycles. The Morgan fingerprint density at radius 1 is 1.67 bits per heavy atom. The van der Waals surface area contributed by atoms with E-state index in [0.29, 0.717) is 0 Å². The van der Waals surface area contributed by atoms with Crippen molar-refractivity contribution in [3.05, 3.63) is 28.6 Å². The van der Waals surface area contributed by atoms with Gasteiger partial charge in [-0.1, -0.05) is 15.9 Å². The highest BCUT2D eigenvalue weighted by Crippen LogP contribution is 2.29. The highest BCUT2D eigenvalue weighted by Gasteiger charge is 2.25. The Bertz CT molecular complexity index is 501. The quantitative estimate of drug-likeness (QED) is 0.632. The summed E-state index contributed by atoms with van der Waals surface area (Å²) in [7, 11) is 0. The summed E-state index contributed by atoms with van der Waals surface area (Å²) in [5.74, 6) is -0.779. The number of hydrogen-bond acceptors (Lipinski definition) is 4. The minimum atomic E-state index is -2.86. The monoisotopic (exact) mass is 318 g/mol. The second-order valence-electron chi connectivity index (χ2n) is 3.18. The summed E-state index contributed by atoms with van der Waals surface area (Å²) in [6.07, 6.45) is -1.90. The van der Waals surface area contributed by atoms with Crippen molar-refractivity contribution in [3.8, 4) is 6.07 Å². The molecule has 18 heavy (non-hydrogen) atoms. The first-order valence-electron chi connectivity index (χ1n) is 4.99. The van der Waals surface area contributed by atoms with E-state index in [9.17, 15) is 13.6 Å². The third-order valence-electron chi connectivity index (χ3n) is 2.16. The number of nitrogens with zero attached hydrogens (tertiary/aromatic N) is 2. The summed E-state index contributed by atoms with van der Waals surface area (Å²) in [5, 5.41) is 8.75. The zero-order valence-electron chi connectivity index (χ0n) is 9.41. The molecule has 96 valence electrons. The molecule has 1 rings (SSSR count). The Hall–Kier alpha value is -1.55. The summed E-state index contributed by atoms with van der Waals surface area (Å²) in [6.45, 7) is 1.72. The van der Waals surface area contributed by atoms with Gasteiger partial charge in [0.2, 0.25) is 0 Å². The van der Waals surface area contributed by atoms with Gasteiger partial charge in [-0.2, -0.15) is 5.26 Å². The Balaban J connectivity index is 3.43. The number of nitriles is 1. The number of halogens is 3. The molecule has 0 unspecified atom stereocenters.